The molecule has 0 radical (unpaired) electrons. The van der Waals surface area contributed by atoms with Crippen LogP contribution in [0.4, 0.5) is 0 Å². The van der Waals surface area contributed by atoms with Crippen molar-refractivity contribution in [3.8, 4) is 0 Å². The third kappa shape index (κ3) is 7.68. The average Bonchev–Trinajstić information content (AvgIpc) is 2.45. The van der Waals surface area contributed by atoms with Crippen molar-refractivity contribution in [3.63, 3.8) is 0 Å². The van der Waals surface area contributed by atoms with Gasteiger partial charge in [0.1, 0.15) is 10.3 Å². The molecule has 0 amide bonds. The lowest BCUT2D eigenvalue weighted by atomic mass is 10.1. The summed E-state index contributed by atoms with van der Waals surface area (Å²) in [4.78, 5) is 15.6. The zero-order chi connectivity index (χ0) is 15.5. The molecular weight excluding hydrogens is 309 g/mol. The molecule has 0 atom stereocenters. The number of carbonyl (C=O) groups is 1. The Morgan fingerprint density at radius 2 is 1.67 bits per heavy atom. The van der Waals surface area contributed by atoms with Crippen LogP contribution in [0.25, 0.3) is 0 Å². The molecule has 0 unspecified atom stereocenters. The van der Waals surface area contributed by atoms with Crippen LogP contribution in [0.5, 0.6) is 0 Å². The van der Waals surface area contributed by atoms with E-state index in [1.54, 1.807) is 0 Å². The van der Waals surface area contributed by atoms with Crippen LogP contribution in [-0.4, -0.2) is 17.6 Å². The summed E-state index contributed by atoms with van der Waals surface area (Å²) in [7, 11) is 0. The fraction of sp³-hybridized carbons (Fsp3) is 0.625. The number of ether oxygens (including phenoxy) is 1. The van der Waals surface area contributed by atoms with Crippen LogP contribution in [0, 0.1) is 0 Å². The molecule has 0 saturated heterocycles. The zero-order valence-electron chi connectivity index (χ0n) is 12.5. The number of carbonyl (C=O) groups excluding carboxylic acids is 1. The van der Waals surface area contributed by atoms with E-state index in [1.165, 1.54) is 50.7 Å². The molecule has 21 heavy (non-hydrogen) atoms. The topological polar surface area (TPSA) is 39.2 Å². The van der Waals surface area contributed by atoms with E-state index in [2.05, 4.69) is 11.9 Å². The van der Waals surface area contributed by atoms with Gasteiger partial charge in [-0.15, -0.1) is 0 Å². The van der Waals surface area contributed by atoms with E-state index in [0.29, 0.717) is 6.61 Å². The summed E-state index contributed by atoms with van der Waals surface area (Å²) < 4.78 is 5.19. The van der Waals surface area contributed by atoms with Gasteiger partial charge in [0.2, 0.25) is 0 Å². The molecule has 3 nitrogen and oxygen atoms in total. The third-order valence-corrected chi connectivity index (χ3v) is 3.76. The number of aromatic nitrogens is 1. The van der Waals surface area contributed by atoms with Crippen LogP contribution >= 0.6 is 23.2 Å². The molecule has 1 aromatic heterocycles. The summed E-state index contributed by atoms with van der Waals surface area (Å²) in [6.07, 6.45) is 9.67. The van der Waals surface area contributed by atoms with Gasteiger partial charge < -0.3 is 4.74 Å². The van der Waals surface area contributed by atoms with Crippen molar-refractivity contribution in [3.05, 3.63) is 28.0 Å². The highest BCUT2D eigenvalue weighted by molar-refractivity contribution is 6.34. The van der Waals surface area contributed by atoms with Crippen LogP contribution in [0.2, 0.25) is 10.3 Å². The quantitative estimate of drug-likeness (QED) is 0.314. The fourth-order valence-corrected chi connectivity index (χ4v) is 2.46. The van der Waals surface area contributed by atoms with Gasteiger partial charge in [0.15, 0.2) is 0 Å². The maximum atomic E-state index is 11.8. The Bertz CT molecular complexity index is 438. The number of hydrogen-bond donors (Lipinski definition) is 0. The number of nitrogens with zero attached hydrogens (tertiary/aromatic N) is 1. The number of hydrogen-bond acceptors (Lipinski definition) is 3. The molecule has 1 heterocycles. The summed E-state index contributed by atoms with van der Waals surface area (Å²) in [5.41, 5.74) is 0.264. The van der Waals surface area contributed by atoms with Crippen molar-refractivity contribution in [1.29, 1.82) is 0 Å². The second-order valence-corrected chi connectivity index (χ2v) is 5.83. The first-order valence-corrected chi connectivity index (χ1v) is 8.40. The van der Waals surface area contributed by atoms with E-state index < -0.39 is 5.97 Å². The van der Waals surface area contributed by atoms with Gasteiger partial charge in [-0.25, -0.2) is 9.78 Å². The Morgan fingerprint density at radius 3 is 2.29 bits per heavy atom. The SMILES string of the molecule is CCCCCCCCCCOC(=O)c1ccc(Cl)nc1Cl. The minimum absolute atomic E-state index is 0.0865. The van der Waals surface area contributed by atoms with Gasteiger partial charge in [-0.2, -0.15) is 0 Å². The highest BCUT2D eigenvalue weighted by Gasteiger charge is 2.12. The molecule has 1 aromatic rings. The van der Waals surface area contributed by atoms with Crippen LogP contribution in [0.1, 0.15) is 68.6 Å². The molecular formula is C16H23Cl2NO2. The number of rotatable bonds is 10. The average molecular weight is 332 g/mol. The van der Waals surface area contributed by atoms with Crippen LogP contribution in [-0.2, 0) is 4.74 Å². The molecule has 118 valence electrons. The lowest BCUT2D eigenvalue weighted by molar-refractivity contribution is 0.0497. The highest BCUT2D eigenvalue weighted by Crippen LogP contribution is 2.17. The van der Waals surface area contributed by atoms with Gasteiger partial charge in [-0.05, 0) is 18.6 Å². The van der Waals surface area contributed by atoms with Crippen LogP contribution < -0.4 is 0 Å². The minimum Gasteiger partial charge on any atom is -0.462 e. The number of pyridine rings is 1. The molecule has 0 aromatic carbocycles. The summed E-state index contributed by atoms with van der Waals surface area (Å²) in [6.45, 7) is 2.64. The number of esters is 1. The second kappa shape index (κ2) is 10.9. The van der Waals surface area contributed by atoms with Crippen molar-refractivity contribution < 1.29 is 9.53 Å². The van der Waals surface area contributed by atoms with Crippen molar-refractivity contribution >= 4 is 29.2 Å². The lowest BCUT2D eigenvalue weighted by Crippen LogP contribution is -2.07. The van der Waals surface area contributed by atoms with Crippen molar-refractivity contribution in [2.24, 2.45) is 0 Å². The standard InChI is InChI=1S/C16H23Cl2NO2/c1-2-3-4-5-6-7-8-9-12-21-16(20)13-10-11-14(17)19-15(13)18/h10-11H,2-9,12H2,1H3. The van der Waals surface area contributed by atoms with E-state index in [0.717, 1.165) is 12.8 Å². The maximum absolute atomic E-state index is 11.8. The Hall–Kier alpha value is -0.800. The van der Waals surface area contributed by atoms with Gasteiger partial charge in [-0.1, -0.05) is 75.1 Å². The molecule has 0 bridgehead atoms. The van der Waals surface area contributed by atoms with Crippen LogP contribution in [0.3, 0.4) is 0 Å². The van der Waals surface area contributed by atoms with E-state index in [-0.39, 0.29) is 15.9 Å². The van der Waals surface area contributed by atoms with Gasteiger partial charge in [0.05, 0.1) is 12.2 Å². The molecule has 0 N–H and O–H groups in total. The Labute approximate surface area is 137 Å². The summed E-state index contributed by atoms with van der Waals surface area (Å²) >= 11 is 11.5. The first kappa shape index (κ1) is 18.2. The fourth-order valence-electron chi connectivity index (χ4n) is 2.04. The molecule has 0 aliphatic carbocycles. The molecule has 1 rings (SSSR count). The van der Waals surface area contributed by atoms with E-state index in [4.69, 9.17) is 27.9 Å². The molecule has 5 heteroatoms. The third-order valence-electron chi connectivity index (χ3n) is 3.27. The van der Waals surface area contributed by atoms with E-state index >= 15 is 0 Å². The Balaban J connectivity index is 2.11. The molecule has 0 fully saturated rings. The molecule has 0 aliphatic rings. The van der Waals surface area contributed by atoms with Crippen molar-refractivity contribution in [1.82, 2.24) is 4.98 Å². The Kier molecular flexibility index (Phi) is 9.44. The zero-order valence-corrected chi connectivity index (χ0v) is 14.1. The minimum atomic E-state index is -0.438. The normalized spacial score (nSPS) is 10.6. The summed E-state index contributed by atoms with van der Waals surface area (Å²) in [6, 6.07) is 3.06. The van der Waals surface area contributed by atoms with Gasteiger partial charge in [0, 0.05) is 0 Å². The van der Waals surface area contributed by atoms with E-state index in [1.807, 2.05) is 0 Å². The largest absolute Gasteiger partial charge is 0.462 e. The summed E-state index contributed by atoms with van der Waals surface area (Å²) in [5.74, 6) is -0.438. The van der Waals surface area contributed by atoms with Crippen molar-refractivity contribution in [2.75, 3.05) is 6.61 Å². The maximum Gasteiger partial charge on any atom is 0.341 e. The van der Waals surface area contributed by atoms with Crippen molar-refractivity contribution in [2.45, 2.75) is 58.3 Å². The smallest absolute Gasteiger partial charge is 0.341 e. The molecule has 0 spiro atoms. The van der Waals surface area contributed by atoms with Crippen LogP contribution in [0.15, 0.2) is 12.1 Å². The second-order valence-electron chi connectivity index (χ2n) is 5.08. The van der Waals surface area contributed by atoms with Gasteiger partial charge >= 0.3 is 5.97 Å². The van der Waals surface area contributed by atoms with E-state index in [9.17, 15) is 4.79 Å². The first-order valence-electron chi connectivity index (χ1n) is 7.64. The monoisotopic (exact) mass is 331 g/mol. The molecule has 0 saturated carbocycles. The number of halogens is 2. The van der Waals surface area contributed by atoms with Gasteiger partial charge in [0.25, 0.3) is 0 Å². The molecule has 0 aliphatic heterocycles. The predicted molar refractivity (Wildman–Crippen MR) is 87.1 cm³/mol. The van der Waals surface area contributed by atoms with Gasteiger partial charge in [-0.3, -0.25) is 0 Å². The lowest BCUT2D eigenvalue weighted by Gasteiger charge is -2.06. The Morgan fingerprint density at radius 1 is 1.05 bits per heavy atom. The summed E-state index contributed by atoms with van der Waals surface area (Å²) in [5, 5.41) is 0.350. The first-order chi connectivity index (χ1) is 10.1. The number of unbranched alkanes of at least 4 members (excludes halogenated alkanes) is 7. The predicted octanol–water partition coefficient (Wildman–Crippen LogP) is 5.69. The highest BCUT2D eigenvalue weighted by atomic mass is 35.5.